The third kappa shape index (κ3) is 38.6. The lowest BCUT2D eigenvalue weighted by molar-refractivity contribution is -0.870. The van der Waals surface area contributed by atoms with Gasteiger partial charge in [-0.05, 0) is 205 Å². The number of nitrogens with two attached hydrogens (primary N) is 1. The van der Waals surface area contributed by atoms with Crippen LogP contribution in [-0.4, -0.2) is 202 Å². The lowest BCUT2D eigenvalue weighted by Crippen LogP contribution is -3.00. The zero-order chi connectivity index (χ0) is 101. The monoisotopic (exact) mass is 2120 g/mol. The number of quaternary nitrogens is 1. The fourth-order valence-corrected chi connectivity index (χ4v) is 14.4. The van der Waals surface area contributed by atoms with Crippen LogP contribution in [0.25, 0.3) is 45.0 Å². The summed E-state index contributed by atoms with van der Waals surface area (Å²) in [6.07, 6.45) is -21.4. The van der Waals surface area contributed by atoms with E-state index in [-0.39, 0.29) is 65.4 Å². The second kappa shape index (κ2) is 50.9. The second-order valence-electron chi connectivity index (χ2n) is 33.5. The van der Waals surface area contributed by atoms with E-state index in [9.17, 15) is 76.7 Å². The molecule has 0 radical (unpaired) electrons. The zero-order valence-corrected chi connectivity index (χ0v) is 83.0. The number of carbonyl (C=O) groups is 5. The first-order chi connectivity index (χ1) is 64.1. The molecule has 8 N–H and O–H groups in total. The molecule has 0 aliphatic heterocycles. The standard InChI is InChI=1S/C26H29F3N4O4S.C22H23F3N4O2S.C21H21F3N4O2S.C21H20F3N3O2S.C4H11NO.HI/c1-25(2,3)37-24(35)33(20-11-7-9-18(15-20)26(27,28)29)22-31-21(16-38-22)17-8-6-10-19(14-17)30-23(34)36-13-12-32(4)5;1-29(2,3)10-11-31-21(30)27-17-8-4-6-15(12-17)19-14-32-20(28-19)26-18-9-5-7-16(13-18)22(23,24)25;1-28(2)9-10-30-20(29)26-16-7-3-5-14(11-16)18-13-31-19(27-18)25-17-8-4-6-15(12-17)21(22,23)24;1-20(2,3)29-19(28)27(16-9-5-7-14(11-16)21(22,23)24)18-26-17(12-30-18)13-6-4-8-15(25)10-13;1-5(2)3-4-6;/h6-11,14-16H,12-13H2,1-5H3,(H,30,34);4-9,12-14H,10-11H2,1-3H3,(H-,26,27,28,30);3-8,11-13H,9-10H2,1-2H3,(H,25,27)(H,26,29);4-12H,25H2,1-3H3;6H,3-4H2,1-2H3;1H. The molecule has 4 heterocycles. The van der Waals surface area contributed by atoms with Gasteiger partial charge in [0.2, 0.25) is 0 Å². The number of hydrogen-bond acceptors (Lipinski definition) is 25. The van der Waals surface area contributed by atoms with Gasteiger partial charge in [0.05, 0.1) is 84.2 Å². The first-order valence-electron chi connectivity index (χ1n) is 41.6. The smallest absolute Gasteiger partial charge is 0.421 e. The number of aromatic nitrogens is 4. The number of nitrogens with one attached hydrogen (secondary N) is 5. The number of anilines is 12. The number of aliphatic hydroxyl groups excluding tert-OH is 1. The van der Waals surface area contributed by atoms with Crippen LogP contribution in [0.2, 0.25) is 0 Å². The minimum Gasteiger partial charge on any atom is -1.00 e. The van der Waals surface area contributed by atoms with Crippen LogP contribution in [0, 0.1) is 0 Å². The number of ether oxygens (including phenoxy) is 5. The number of rotatable bonds is 26. The summed E-state index contributed by atoms with van der Waals surface area (Å²) in [6.45, 7) is 13.7. The highest BCUT2D eigenvalue weighted by Crippen LogP contribution is 2.42. The number of halogens is 13. The molecule has 5 amide bonds. The van der Waals surface area contributed by atoms with Crippen molar-refractivity contribution in [3.8, 4) is 45.0 Å². The Kier molecular flexibility index (Phi) is 41.5. The predicted molar refractivity (Wildman–Crippen MR) is 514 cm³/mol. The Bertz CT molecular complexity index is 5960. The largest absolute Gasteiger partial charge is 1.00 e. The summed E-state index contributed by atoms with van der Waals surface area (Å²) in [5.74, 6) is 0. The minimum atomic E-state index is -4.59. The highest BCUT2D eigenvalue weighted by atomic mass is 127. The van der Waals surface area contributed by atoms with E-state index in [4.69, 9.17) is 34.5 Å². The van der Waals surface area contributed by atoms with Crippen LogP contribution >= 0.6 is 45.3 Å². The maximum Gasteiger partial charge on any atom is 0.421 e. The van der Waals surface area contributed by atoms with E-state index in [0.29, 0.717) is 103 Å². The van der Waals surface area contributed by atoms with Crippen molar-refractivity contribution in [2.75, 3.05) is 158 Å². The first kappa shape index (κ1) is 113. The molecule has 742 valence electrons. The lowest BCUT2D eigenvalue weighted by Gasteiger charge is -2.26. The van der Waals surface area contributed by atoms with E-state index in [1.807, 2.05) is 90.3 Å². The van der Waals surface area contributed by atoms with Crippen molar-refractivity contribution in [3.05, 3.63) is 238 Å². The summed E-state index contributed by atoms with van der Waals surface area (Å²) < 4.78 is 184. The molecule has 0 saturated heterocycles. The summed E-state index contributed by atoms with van der Waals surface area (Å²) in [5, 5.41) is 30.2. The molecular weight excluding hydrogens is 2010 g/mol. The summed E-state index contributed by atoms with van der Waals surface area (Å²) in [5.41, 5.74) is 8.63. The number of nitrogen functional groups attached to an aromatic ring is 1. The van der Waals surface area contributed by atoms with Gasteiger partial charge in [-0.1, -0.05) is 72.8 Å². The Morgan fingerprint density at radius 1 is 0.384 bits per heavy atom. The molecule has 0 aliphatic carbocycles. The first-order valence-corrected chi connectivity index (χ1v) is 45.1. The summed E-state index contributed by atoms with van der Waals surface area (Å²) in [4.78, 5) is 87.6. The third-order valence-corrected chi connectivity index (χ3v) is 20.9. The number of hydrogen-bond donors (Lipinski definition) is 7. The van der Waals surface area contributed by atoms with E-state index in [0.717, 1.165) is 104 Å². The van der Waals surface area contributed by atoms with Crippen LogP contribution in [-0.2, 0) is 48.4 Å². The molecule has 8 aromatic carbocycles. The molecule has 0 fully saturated rings. The number of alkyl halides is 12. The van der Waals surface area contributed by atoms with Gasteiger partial charge in [-0.25, -0.2) is 53.7 Å². The van der Waals surface area contributed by atoms with Crippen molar-refractivity contribution in [2.24, 2.45) is 0 Å². The highest BCUT2D eigenvalue weighted by Gasteiger charge is 2.37. The highest BCUT2D eigenvalue weighted by molar-refractivity contribution is 7.15. The topological polar surface area (TPSA) is 306 Å². The van der Waals surface area contributed by atoms with E-state index in [1.54, 1.807) is 160 Å². The maximum atomic E-state index is 13.4. The van der Waals surface area contributed by atoms with Crippen LogP contribution in [0.15, 0.2) is 216 Å². The van der Waals surface area contributed by atoms with Gasteiger partial charge in [-0.15, -0.1) is 45.3 Å². The maximum absolute atomic E-state index is 13.4. The second-order valence-corrected chi connectivity index (χ2v) is 36.9. The average Bonchev–Trinajstić information content (AvgIpc) is 1.55. The predicted octanol–water partition coefficient (Wildman–Crippen LogP) is 21.6. The Morgan fingerprint density at radius 3 is 0.993 bits per heavy atom. The molecule has 0 spiro atoms. The molecule has 12 aromatic rings. The number of aliphatic hydroxyl groups is 1. The molecule has 27 nitrogen and oxygen atoms in total. The SMILES string of the molecule is CC(C)(C)OC(=O)N(c1cccc(C(F)(F)F)c1)c1nc(-c2cccc(N)c2)cs1.CN(C)CCO.CN(C)CCOC(=O)Nc1cccc(-c2csc(N(C(=O)OC(C)(C)C)c3cccc(C(F)(F)F)c3)n2)c1.CN(C)CCOC(=O)Nc1cccc(-c2csc(Nc3cccc(C(F)(F)F)c3)n2)c1.C[N+](C)(C)CCOC(=O)Nc1cccc(-c2csc(Nc3cccc(C(F)(F)F)c3)n2)c1.[I-]. The lowest BCUT2D eigenvalue weighted by atomic mass is 10.1. The number of amides is 5. The quantitative estimate of drug-likeness (QED) is 0.00871. The van der Waals surface area contributed by atoms with Crippen molar-refractivity contribution in [1.82, 2.24) is 34.6 Å². The summed E-state index contributed by atoms with van der Waals surface area (Å²) >= 11 is 4.71. The molecule has 0 unspecified atom stereocenters. The molecule has 4 aromatic heterocycles. The number of nitrogens with zero attached hydrogens (tertiary/aromatic N) is 10. The summed E-state index contributed by atoms with van der Waals surface area (Å²) in [6, 6.07) is 46.8. The molecule has 0 saturated carbocycles. The van der Waals surface area contributed by atoms with Gasteiger partial charge in [0.15, 0.2) is 20.5 Å². The van der Waals surface area contributed by atoms with Gasteiger partial charge in [-0.3, -0.25) is 16.0 Å². The van der Waals surface area contributed by atoms with E-state index in [2.05, 4.69) is 46.5 Å². The summed E-state index contributed by atoms with van der Waals surface area (Å²) in [7, 11) is 17.4. The Morgan fingerprint density at radius 2 is 0.681 bits per heavy atom. The average molecular weight is 2120 g/mol. The van der Waals surface area contributed by atoms with Crippen LogP contribution in [0.1, 0.15) is 63.8 Å². The molecule has 0 bridgehead atoms. The van der Waals surface area contributed by atoms with Crippen LogP contribution in [0.4, 0.5) is 143 Å². The van der Waals surface area contributed by atoms with Crippen molar-refractivity contribution >= 4 is 142 Å². The van der Waals surface area contributed by atoms with Gasteiger partial charge in [-0.2, -0.15) is 52.7 Å². The van der Waals surface area contributed by atoms with Crippen molar-refractivity contribution in [1.29, 1.82) is 0 Å². The Labute approximate surface area is 823 Å². The van der Waals surface area contributed by atoms with Crippen molar-refractivity contribution in [3.63, 3.8) is 0 Å². The van der Waals surface area contributed by atoms with Gasteiger partial charge < -0.3 is 88.3 Å². The zero-order valence-electron chi connectivity index (χ0n) is 77.6. The molecular formula is C94H105F12IN16O11S4. The van der Waals surface area contributed by atoms with Crippen LogP contribution < -0.4 is 66.1 Å². The normalized spacial score (nSPS) is 11.6. The van der Waals surface area contributed by atoms with Crippen molar-refractivity contribution < 1.29 is 134 Å². The number of carbonyl (C=O) groups excluding carboxylic acids is 5. The molecule has 0 aliphatic rings. The van der Waals surface area contributed by atoms with E-state index >= 15 is 0 Å². The van der Waals surface area contributed by atoms with E-state index in [1.165, 1.54) is 59.1 Å². The number of thiazole rings is 4. The molecule has 138 heavy (non-hydrogen) atoms. The van der Waals surface area contributed by atoms with Gasteiger partial charge in [0.25, 0.3) is 0 Å². The Balaban J connectivity index is 0.000000245. The minimum absolute atomic E-state index is 0. The molecule has 0 atom stereocenters. The van der Waals surface area contributed by atoms with Gasteiger partial charge in [0, 0.05) is 97.5 Å². The number of benzene rings is 8. The third-order valence-electron chi connectivity index (χ3n) is 17.8. The van der Waals surface area contributed by atoms with Crippen LogP contribution in [0.3, 0.4) is 0 Å². The number of likely N-dealkylation sites (N-methyl/N-ethyl adjacent to an activating group) is 4. The molecule has 12 rings (SSSR count). The van der Waals surface area contributed by atoms with Crippen molar-refractivity contribution in [2.45, 2.75) is 77.4 Å². The van der Waals surface area contributed by atoms with Gasteiger partial charge in [0.1, 0.15) is 37.6 Å². The van der Waals surface area contributed by atoms with E-state index < -0.39 is 88.6 Å². The fraction of sp³-hybridized carbons (Fsp3) is 0.309. The van der Waals surface area contributed by atoms with Crippen LogP contribution in [0.5, 0.6) is 0 Å². The Hall–Kier alpha value is -12.3. The molecule has 44 heteroatoms. The fourth-order valence-electron chi connectivity index (χ4n) is 11.2. The van der Waals surface area contributed by atoms with Gasteiger partial charge >= 0.3 is 55.2 Å².